The van der Waals surface area contributed by atoms with Crippen LogP contribution in [0.5, 0.6) is 0 Å². The number of carbonyl (C=O) groups excluding carboxylic acids is 1. The van der Waals surface area contributed by atoms with Crippen molar-refractivity contribution in [3.8, 4) is 0 Å². The Hall–Kier alpha value is -1.15. The number of rotatable bonds is 2. The van der Waals surface area contributed by atoms with Gasteiger partial charge in [0, 0.05) is 19.0 Å². The van der Waals surface area contributed by atoms with E-state index < -0.39 is 37.1 Å². The largest absolute Gasteiger partial charge is 0.512 e. The highest BCUT2D eigenvalue weighted by atomic mass is 16.6. The van der Waals surface area contributed by atoms with Crippen LogP contribution in [0.25, 0.3) is 0 Å². The summed E-state index contributed by atoms with van der Waals surface area (Å²) in [6.45, 7) is -0.231. The summed E-state index contributed by atoms with van der Waals surface area (Å²) in [6, 6.07) is 0. The molecule has 0 aromatic heterocycles. The minimum absolute atomic E-state index is 0.0157. The van der Waals surface area contributed by atoms with Crippen molar-refractivity contribution in [2.24, 2.45) is 0 Å². The van der Waals surface area contributed by atoms with E-state index in [4.69, 9.17) is 9.84 Å². The Balaban J connectivity index is 2.11. The van der Waals surface area contributed by atoms with Crippen LogP contribution in [0.4, 0.5) is 0 Å². The van der Waals surface area contributed by atoms with Crippen LogP contribution in [0.2, 0.25) is 0 Å². The summed E-state index contributed by atoms with van der Waals surface area (Å²) in [4.78, 5) is 12.8. The maximum absolute atomic E-state index is 11.6. The molecule has 0 radical (unpaired) electrons. The summed E-state index contributed by atoms with van der Waals surface area (Å²) in [7, 11) is 0. The molecule has 1 fully saturated rings. The first kappa shape index (κ1) is 12.3. The lowest BCUT2D eigenvalue weighted by Gasteiger charge is -2.31. The SMILES string of the molecule is O=C1C=C(O)CCN1[C@H]1O[C@@H](CO)[C@@H](O)[C@H]1O. The van der Waals surface area contributed by atoms with Gasteiger partial charge in [0.25, 0.3) is 5.91 Å². The van der Waals surface area contributed by atoms with Crippen molar-refractivity contribution in [2.75, 3.05) is 13.2 Å². The predicted molar refractivity (Wildman–Crippen MR) is 54.8 cm³/mol. The number of hydrogen-bond acceptors (Lipinski definition) is 6. The van der Waals surface area contributed by atoms with E-state index in [1.54, 1.807) is 0 Å². The maximum atomic E-state index is 11.6. The van der Waals surface area contributed by atoms with Gasteiger partial charge in [0.2, 0.25) is 0 Å². The van der Waals surface area contributed by atoms with Gasteiger partial charge in [-0.1, -0.05) is 0 Å². The minimum atomic E-state index is -1.26. The molecule has 0 bridgehead atoms. The molecule has 1 saturated heterocycles. The molecular formula is C10H15NO6. The van der Waals surface area contributed by atoms with E-state index in [2.05, 4.69) is 0 Å². The van der Waals surface area contributed by atoms with Crippen LogP contribution in [0.3, 0.4) is 0 Å². The highest BCUT2D eigenvalue weighted by Crippen LogP contribution is 2.26. The fourth-order valence-electron chi connectivity index (χ4n) is 2.03. The molecule has 4 atom stereocenters. The van der Waals surface area contributed by atoms with Crippen LogP contribution in [-0.4, -0.2) is 68.9 Å². The molecule has 7 heteroatoms. The number of hydrogen-bond donors (Lipinski definition) is 4. The first-order valence-corrected chi connectivity index (χ1v) is 5.37. The minimum Gasteiger partial charge on any atom is -0.512 e. The first-order valence-electron chi connectivity index (χ1n) is 5.37. The van der Waals surface area contributed by atoms with Crippen LogP contribution in [0.15, 0.2) is 11.8 Å². The number of carbonyl (C=O) groups is 1. The molecule has 2 aliphatic heterocycles. The molecule has 0 unspecified atom stereocenters. The molecular weight excluding hydrogens is 230 g/mol. The highest BCUT2D eigenvalue weighted by molar-refractivity contribution is 5.89. The summed E-state index contributed by atoms with van der Waals surface area (Å²) in [5.41, 5.74) is 0. The summed E-state index contributed by atoms with van der Waals surface area (Å²) >= 11 is 0. The molecule has 17 heavy (non-hydrogen) atoms. The van der Waals surface area contributed by atoms with Crippen molar-refractivity contribution in [2.45, 2.75) is 31.0 Å². The van der Waals surface area contributed by atoms with E-state index in [1.165, 1.54) is 4.90 Å². The van der Waals surface area contributed by atoms with Crippen molar-refractivity contribution in [1.82, 2.24) is 4.90 Å². The van der Waals surface area contributed by atoms with Gasteiger partial charge < -0.3 is 30.1 Å². The van der Waals surface area contributed by atoms with E-state index >= 15 is 0 Å². The molecule has 0 aromatic carbocycles. The molecule has 0 saturated carbocycles. The monoisotopic (exact) mass is 245 g/mol. The molecule has 1 amide bonds. The number of aliphatic hydroxyl groups excluding tert-OH is 4. The van der Waals surface area contributed by atoms with E-state index in [1.807, 2.05) is 0 Å². The molecule has 2 rings (SSSR count). The van der Waals surface area contributed by atoms with Crippen molar-refractivity contribution in [3.05, 3.63) is 11.8 Å². The van der Waals surface area contributed by atoms with Gasteiger partial charge in [-0.2, -0.15) is 0 Å². The van der Waals surface area contributed by atoms with Crippen molar-refractivity contribution in [1.29, 1.82) is 0 Å². The van der Waals surface area contributed by atoms with Gasteiger partial charge in [0.05, 0.1) is 12.4 Å². The van der Waals surface area contributed by atoms with Crippen LogP contribution in [0.1, 0.15) is 6.42 Å². The van der Waals surface area contributed by atoms with Gasteiger partial charge in [-0.25, -0.2) is 0 Å². The second-order valence-corrected chi connectivity index (χ2v) is 4.15. The lowest BCUT2D eigenvalue weighted by atomic mass is 10.1. The standard InChI is InChI=1S/C10H15NO6/c12-4-6-8(15)9(16)10(17-6)11-2-1-5(13)3-7(11)14/h3,6,8-10,12-13,15-16H,1-2,4H2/t6-,8+,9+,10-/m0/s1. The average Bonchev–Trinajstić information content (AvgIpc) is 2.57. The first-order chi connectivity index (χ1) is 8.04. The predicted octanol–water partition coefficient (Wildman–Crippen LogP) is -1.90. The van der Waals surface area contributed by atoms with Gasteiger partial charge in [0.15, 0.2) is 6.23 Å². The van der Waals surface area contributed by atoms with Gasteiger partial charge in [-0.15, -0.1) is 0 Å². The third-order valence-corrected chi connectivity index (χ3v) is 3.01. The topological polar surface area (TPSA) is 110 Å². The maximum Gasteiger partial charge on any atom is 0.252 e. The van der Waals surface area contributed by atoms with Crippen LogP contribution in [-0.2, 0) is 9.53 Å². The summed E-state index contributed by atoms with van der Waals surface area (Å²) in [5, 5.41) is 37.4. The Kier molecular flexibility index (Phi) is 3.34. The molecule has 0 spiro atoms. The molecule has 2 aliphatic rings. The fraction of sp³-hybridized carbons (Fsp3) is 0.700. The Labute approximate surface area is 97.5 Å². The average molecular weight is 245 g/mol. The lowest BCUT2D eigenvalue weighted by Crippen LogP contribution is -2.48. The van der Waals surface area contributed by atoms with Crippen LogP contribution < -0.4 is 0 Å². The Morgan fingerprint density at radius 3 is 2.65 bits per heavy atom. The quantitative estimate of drug-likeness (QED) is 0.452. The van der Waals surface area contributed by atoms with Crippen molar-refractivity contribution in [3.63, 3.8) is 0 Å². The zero-order valence-electron chi connectivity index (χ0n) is 9.06. The van der Waals surface area contributed by atoms with Gasteiger partial charge in [-0.3, -0.25) is 4.79 Å². The molecule has 0 aromatic rings. The second-order valence-electron chi connectivity index (χ2n) is 4.15. The fourth-order valence-corrected chi connectivity index (χ4v) is 2.03. The molecule has 7 nitrogen and oxygen atoms in total. The Morgan fingerprint density at radius 2 is 2.12 bits per heavy atom. The molecule has 4 N–H and O–H groups in total. The van der Waals surface area contributed by atoms with Crippen LogP contribution >= 0.6 is 0 Å². The lowest BCUT2D eigenvalue weighted by molar-refractivity contribution is -0.149. The summed E-state index contributed by atoms with van der Waals surface area (Å²) in [6.07, 6.45) is -3.04. The summed E-state index contributed by atoms with van der Waals surface area (Å²) in [5.74, 6) is -0.499. The molecule has 2 heterocycles. The van der Waals surface area contributed by atoms with Crippen LogP contribution in [0, 0.1) is 0 Å². The smallest absolute Gasteiger partial charge is 0.252 e. The zero-order valence-corrected chi connectivity index (χ0v) is 9.06. The Bertz CT molecular complexity index is 344. The van der Waals surface area contributed by atoms with E-state index in [9.17, 15) is 20.1 Å². The third-order valence-electron chi connectivity index (χ3n) is 3.01. The second kappa shape index (κ2) is 4.61. The van der Waals surface area contributed by atoms with E-state index in [-0.39, 0.29) is 18.7 Å². The van der Waals surface area contributed by atoms with E-state index in [0.29, 0.717) is 0 Å². The normalized spacial score (nSPS) is 38.4. The van der Waals surface area contributed by atoms with E-state index in [0.717, 1.165) is 6.08 Å². The van der Waals surface area contributed by atoms with Gasteiger partial charge in [-0.05, 0) is 0 Å². The number of nitrogens with zero attached hydrogens (tertiary/aromatic N) is 1. The zero-order chi connectivity index (χ0) is 12.6. The number of aliphatic hydroxyl groups is 4. The third kappa shape index (κ3) is 2.14. The molecule has 96 valence electrons. The van der Waals surface area contributed by atoms with Gasteiger partial charge >= 0.3 is 0 Å². The Morgan fingerprint density at radius 1 is 1.41 bits per heavy atom. The van der Waals surface area contributed by atoms with Crippen molar-refractivity contribution >= 4 is 5.91 Å². The summed E-state index contributed by atoms with van der Waals surface area (Å²) < 4.78 is 5.22. The van der Waals surface area contributed by atoms with Crippen molar-refractivity contribution < 1.29 is 30.0 Å². The number of ether oxygens (including phenoxy) is 1. The molecule has 0 aliphatic carbocycles. The number of amides is 1. The van der Waals surface area contributed by atoms with Gasteiger partial charge in [0.1, 0.15) is 18.3 Å². The highest BCUT2D eigenvalue weighted by Gasteiger charge is 2.46.